The van der Waals surface area contributed by atoms with Crippen LogP contribution in [-0.2, 0) is 4.79 Å². The molecule has 0 fully saturated rings. The molecule has 1 unspecified atom stereocenters. The summed E-state index contributed by atoms with van der Waals surface area (Å²) in [5, 5.41) is 15.5. The largest absolute Gasteiger partial charge is 0.497 e. The van der Waals surface area contributed by atoms with Crippen molar-refractivity contribution in [3.8, 4) is 11.8 Å². The third kappa shape index (κ3) is 6.14. The lowest BCUT2D eigenvalue weighted by Gasteiger charge is -2.15. The molecule has 5 nitrogen and oxygen atoms in total. The number of amides is 1. The number of carbonyl (C=O) groups excluding carboxylic acids is 1. The van der Waals surface area contributed by atoms with E-state index in [0.717, 1.165) is 26.8 Å². The molecule has 156 valence electrons. The molecule has 2 N–H and O–H groups in total. The summed E-state index contributed by atoms with van der Waals surface area (Å²) >= 11 is 1.61. The van der Waals surface area contributed by atoms with Crippen LogP contribution in [0.1, 0.15) is 18.5 Å². The van der Waals surface area contributed by atoms with Crippen LogP contribution in [0.3, 0.4) is 0 Å². The van der Waals surface area contributed by atoms with E-state index in [2.05, 4.69) is 10.6 Å². The van der Waals surface area contributed by atoms with E-state index in [-0.39, 0.29) is 11.6 Å². The minimum absolute atomic E-state index is 0.000115. The van der Waals surface area contributed by atoms with Crippen LogP contribution in [0.4, 0.5) is 5.69 Å². The van der Waals surface area contributed by atoms with Crippen LogP contribution < -0.4 is 15.4 Å². The Hall–Kier alpha value is -3.69. The Bertz CT molecular complexity index is 1090. The summed E-state index contributed by atoms with van der Waals surface area (Å²) in [5.74, 6) is 0.308. The van der Waals surface area contributed by atoms with Gasteiger partial charge in [0.2, 0.25) is 0 Å². The van der Waals surface area contributed by atoms with E-state index in [1.54, 1.807) is 18.9 Å². The third-order valence-corrected chi connectivity index (χ3v) is 5.64. The first kappa shape index (κ1) is 22.0. The molecule has 6 heteroatoms. The summed E-state index contributed by atoms with van der Waals surface area (Å²) in [4.78, 5) is 14.7. The SMILES string of the molecule is COc1ccc(C(C)NC(=O)/C(C#N)=C\Nc2ccccc2Sc2ccccc2)cc1. The van der Waals surface area contributed by atoms with Gasteiger partial charge < -0.3 is 15.4 Å². The molecule has 0 aliphatic heterocycles. The minimum Gasteiger partial charge on any atom is -0.497 e. The summed E-state index contributed by atoms with van der Waals surface area (Å²) in [5.41, 5.74) is 1.74. The lowest BCUT2D eigenvalue weighted by molar-refractivity contribution is -0.117. The maximum absolute atomic E-state index is 12.6. The molecule has 1 atom stereocenters. The zero-order valence-electron chi connectivity index (χ0n) is 17.3. The van der Waals surface area contributed by atoms with Crippen molar-refractivity contribution in [3.63, 3.8) is 0 Å². The standard InChI is InChI=1S/C25H23N3O2S/c1-18(19-12-14-21(30-2)15-13-19)28-25(29)20(16-26)17-27-23-10-6-7-11-24(23)31-22-8-4-3-5-9-22/h3-15,17-18,27H,1-2H3,(H,28,29)/b20-17-. The van der Waals surface area contributed by atoms with Crippen molar-refractivity contribution >= 4 is 23.4 Å². The van der Waals surface area contributed by atoms with Gasteiger partial charge >= 0.3 is 0 Å². The zero-order valence-corrected chi connectivity index (χ0v) is 18.1. The predicted molar refractivity (Wildman–Crippen MR) is 124 cm³/mol. The monoisotopic (exact) mass is 429 g/mol. The Balaban J connectivity index is 1.69. The van der Waals surface area contributed by atoms with E-state index in [1.807, 2.05) is 91.9 Å². The molecule has 31 heavy (non-hydrogen) atoms. The van der Waals surface area contributed by atoms with Crippen molar-refractivity contribution in [2.75, 3.05) is 12.4 Å². The number of hydrogen-bond acceptors (Lipinski definition) is 5. The van der Waals surface area contributed by atoms with Gasteiger partial charge in [0.15, 0.2) is 0 Å². The van der Waals surface area contributed by atoms with Gasteiger partial charge in [-0.2, -0.15) is 5.26 Å². The number of nitrogens with zero attached hydrogens (tertiary/aromatic N) is 1. The Morgan fingerprint density at radius 3 is 2.39 bits per heavy atom. The van der Waals surface area contributed by atoms with E-state index >= 15 is 0 Å². The predicted octanol–water partition coefficient (Wildman–Crippen LogP) is 5.54. The topological polar surface area (TPSA) is 74.1 Å². The van der Waals surface area contributed by atoms with Crippen LogP contribution >= 0.6 is 11.8 Å². The zero-order chi connectivity index (χ0) is 22.1. The average molecular weight is 430 g/mol. The maximum atomic E-state index is 12.6. The number of anilines is 1. The first-order valence-electron chi connectivity index (χ1n) is 9.74. The van der Waals surface area contributed by atoms with Crippen molar-refractivity contribution in [1.29, 1.82) is 5.26 Å². The van der Waals surface area contributed by atoms with Gasteiger partial charge in [-0.3, -0.25) is 4.79 Å². The van der Waals surface area contributed by atoms with Crippen molar-refractivity contribution in [3.05, 3.63) is 96.2 Å². The van der Waals surface area contributed by atoms with Crippen LogP contribution in [0.2, 0.25) is 0 Å². The van der Waals surface area contributed by atoms with Crippen molar-refractivity contribution in [2.24, 2.45) is 0 Å². The normalized spacial score (nSPS) is 11.8. The summed E-state index contributed by atoms with van der Waals surface area (Å²) in [6.45, 7) is 1.87. The molecule has 0 spiro atoms. The first-order valence-corrected chi connectivity index (χ1v) is 10.6. The summed E-state index contributed by atoms with van der Waals surface area (Å²) in [6.07, 6.45) is 1.44. The smallest absolute Gasteiger partial charge is 0.263 e. The Morgan fingerprint density at radius 1 is 1.03 bits per heavy atom. The van der Waals surface area contributed by atoms with Gasteiger partial charge in [0, 0.05) is 16.0 Å². The van der Waals surface area contributed by atoms with Crippen molar-refractivity contribution in [2.45, 2.75) is 22.8 Å². The number of para-hydroxylation sites is 1. The highest BCUT2D eigenvalue weighted by molar-refractivity contribution is 7.99. The van der Waals surface area contributed by atoms with E-state index in [9.17, 15) is 10.1 Å². The van der Waals surface area contributed by atoms with Gasteiger partial charge in [-0.1, -0.05) is 54.2 Å². The molecule has 0 saturated carbocycles. The molecule has 0 bridgehead atoms. The fourth-order valence-electron chi connectivity index (χ4n) is 2.84. The van der Waals surface area contributed by atoms with E-state index in [4.69, 9.17) is 4.74 Å². The lowest BCUT2D eigenvalue weighted by atomic mass is 10.1. The molecular weight excluding hydrogens is 406 g/mol. The number of rotatable bonds is 8. The van der Waals surface area contributed by atoms with Crippen molar-refractivity contribution in [1.82, 2.24) is 5.32 Å². The van der Waals surface area contributed by atoms with Gasteiger partial charge in [-0.15, -0.1) is 0 Å². The lowest BCUT2D eigenvalue weighted by Crippen LogP contribution is -2.28. The second-order valence-corrected chi connectivity index (χ2v) is 7.81. The molecule has 3 aromatic carbocycles. The number of ether oxygens (including phenoxy) is 1. The quantitative estimate of drug-likeness (QED) is 0.363. The van der Waals surface area contributed by atoms with Crippen LogP contribution in [0.5, 0.6) is 5.75 Å². The number of nitrogens with one attached hydrogen (secondary N) is 2. The van der Waals surface area contributed by atoms with Crippen LogP contribution in [0.25, 0.3) is 0 Å². The summed E-state index contributed by atoms with van der Waals surface area (Å²) < 4.78 is 5.16. The van der Waals surface area contributed by atoms with Gasteiger partial charge in [0.25, 0.3) is 5.91 Å². The number of methoxy groups -OCH3 is 1. The van der Waals surface area contributed by atoms with Crippen LogP contribution in [0, 0.1) is 11.3 Å². The molecule has 1 amide bonds. The number of benzene rings is 3. The van der Waals surface area contributed by atoms with E-state index < -0.39 is 5.91 Å². The van der Waals surface area contributed by atoms with E-state index in [0.29, 0.717) is 0 Å². The van der Waals surface area contributed by atoms with Gasteiger partial charge in [0.1, 0.15) is 17.4 Å². The average Bonchev–Trinajstić information content (AvgIpc) is 2.81. The molecule has 0 aromatic heterocycles. The summed E-state index contributed by atoms with van der Waals surface area (Å²) in [7, 11) is 1.60. The number of nitriles is 1. The van der Waals surface area contributed by atoms with Gasteiger partial charge in [-0.25, -0.2) is 0 Å². The second kappa shape index (κ2) is 10.9. The highest BCUT2D eigenvalue weighted by Gasteiger charge is 2.14. The highest BCUT2D eigenvalue weighted by atomic mass is 32.2. The first-order chi connectivity index (χ1) is 15.1. The molecule has 0 radical (unpaired) electrons. The fraction of sp³-hybridized carbons (Fsp3) is 0.120. The molecule has 0 saturated heterocycles. The number of hydrogen-bond donors (Lipinski definition) is 2. The van der Waals surface area contributed by atoms with Crippen molar-refractivity contribution < 1.29 is 9.53 Å². The van der Waals surface area contributed by atoms with Crippen LogP contribution in [-0.4, -0.2) is 13.0 Å². The van der Waals surface area contributed by atoms with Crippen LogP contribution in [0.15, 0.2) is 100 Å². The van der Waals surface area contributed by atoms with Gasteiger partial charge in [0.05, 0.1) is 18.8 Å². The van der Waals surface area contributed by atoms with Gasteiger partial charge in [-0.05, 0) is 48.9 Å². The minimum atomic E-state index is -0.438. The molecule has 0 heterocycles. The Morgan fingerprint density at radius 2 is 1.71 bits per heavy atom. The highest BCUT2D eigenvalue weighted by Crippen LogP contribution is 2.33. The molecule has 3 aromatic rings. The maximum Gasteiger partial charge on any atom is 0.263 e. The Kier molecular flexibility index (Phi) is 7.74. The molecule has 0 aliphatic carbocycles. The Labute approximate surface area is 186 Å². The summed E-state index contributed by atoms with van der Waals surface area (Å²) in [6, 6.07) is 26.9. The van der Waals surface area contributed by atoms with E-state index in [1.165, 1.54) is 6.20 Å². The molecule has 3 rings (SSSR count). The third-order valence-electron chi connectivity index (χ3n) is 4.56. The second-order valence-electron chi connectivity index (χ2n) is 6.69. The molecular formula is C25H23N3O2S. The fourth-order valence-corrected chi connectivity index (χ4v) is 3.77. The number of carbonyl (C=O) groups is 1. The molecule has 0 aliphatic rings.